The molecule has 2 rings (SSSR count). The van der Waals surface area contributed by atoms with Crippen molar-refractivity contribution in [2.75, 3.05) is 0 Å². The minimum Gasteiger partial charge on any atom is -0.258 e. The van der Waals surface area contributed by atoms with E-state index in [1.165, 1.54) is 49.8 Å². The van der Waals surface area contributed by atoms with E-state index >= 15 is 0 Å². The zero-order chi connectivity index (χ0) is 10.5. The quantitative estimate of drug-likeness (QED) is 0.596. The molecule has 0 bridgehead atoms. The lowest BCUT2D eigenvalue weighted by Crippen LogP contribution is -1.94. The summed E-state index contributed by atoms with van der Waals surface area (Å²) in [6.07, 6.45) is 7.82. The summed E-state index contributed by atoms with van der Waals surface area (Å²) in [4.78, 5) is 4.79. The van der Waals surface area contributed by atoms with Crippen molar-refractivity contribution in [3.63, 3.8) is 0 Å². The maximum atomic E-state index is 4.79. The first-order chi connectivity index (χ1) is 7.36. The molecule has 15 heavy (non-hydrogen) atoms. The van der Waals surface area contributed by atoms with Gasteiger partial charge in [-0.1, -0.05) is 31.0 Å². The Labute approximate surface area is 92.2 Å². The Balaban J connectivity index is 2.17. The molecule has 0 atom stereocenters. The molecule has 1 fully saturated rings. The van der Waals surface area contributed by atoms with E-state index in [0.29, 0.717) is 0 Å². The molecule has 1 heteroatoms. The highest BCUT2D eigenvalue weighted by molar-refractivity contribution is 5.87. The minimum atomic E-state index is 1.16. The summed E-state index contributed by atoms with van der Waals surface area (Å²) in [6, 6.07) is 8.40. The third-order valence-corrected chi connectivity index (χ3v) is 3.07. The van der Waals surface area contributed by atoms with E-state index < -0.39 is 0 Å². The Morgan fingerprint density at radius 3 is 2.27 bits per heavy atom. The van der Waals surface area contributed by atoms with Crippen molar-refractivity contribution in [3.05, 3.63) is 29.8 Å². The van der Waals surface area contributed by atoms with Crippen LogP contribution in [0.5, 0.6) is 0 Å². The van der Waals surface area contributed by atoms with Crippen LogP contribution in [0.25, 0.3) is 0 Å². The maximum absolute atomic E-state index is 4.79. The average molecular weight is 201 g/mol. The fourth-order valence-electron chi connectivity index (χ4n) is 2.11. The van der Waals surface area contributed by atoms with Crippen LogP contribution in [-0.2, 0) is 0 Å². The summed E-state index contributed by atoms with van der Waals surface area (Å²) in [5, 5.41) is 0. The van der Waals surface area contributed by atoms with Crippen molar-refractivity contribution in [2.24, 2.45) is 4.99 Å². The Morgan fingerprint density at radius 2 is 1.60 bits per heavy atom. The number of aryl methyl sites for hydroxylation is 1. The van der Waals surface area contributed by atoms with E-state index in [1.807, 2.05) is 0 Å². The Kier molecular flexibility index (Phi) is 3.54. The fraction of sp³-hybridized carbons (Fsp3) is 0.500. The second-order valence-corrected chi connectivity index (χ2v) is 4.38. The summed E-state index contributed by atoms with van der Waals surface area (Å²) in [5.74, 6) is 0. The molecule has 1 aliphatic carbocycles. The summed E-state index contributed by atoms with van der Waals surface area (Å²) in [5.41, 5.74) is 3.85. The topological polar surface area (TPSA) is 12.4 Å². The first-order valence-corrected chi connectivity index (χ1v) is 5.98. The lowest BCUT2D eigenvalue weighted by atomic mass is 10.1. The van der Waals surface area contributed by atoms with E-state index in [0.717, 1.165) is 5.69 Å². The van der Waals surface area contributed by atoms with Gasteiger partial charge < -0.3 is 0 Å². The van der Waals surface area contributed by atoms with Gasteiger partial charge >= 0.3 is 0 Å². The van der Waals surface area contributed by atoms with Crippen LogP contribution < -0.4 is 0 Å². The molecule has 1 aliphatic rings. The number of hydrogen-bond donors (Lipinski definition) is 0. The lowest BCUT2D eigenvalue weighted by molar-refractivity contribution is 0.702. The van der Waals surface area contributed by atoms with E-state index in [-0.39, 0.29) is 0 Å². The zero-order valence-electron chi connectivity index (χ0n) is 9.50. The number of rotatable bonds is 1. The second kappa shape index (κ2) is 5.11. The van der Waals surface area contributed by atoms with Gasteiger partial charge in [-0.05, 0) is 44.2 Å². The molecule has 0 aromatic heterocycles. The van der Waals surface area contributed by atoms with Gasteiger partial charge in [0, 0.05) is 5.71 Å². The molecule has 0 aliphatic heterocycles. The van der Waals surface area contributed by atoms with E-state index in [9.17, 15) is 0 Å². The standard InChI is InChI=1S/C14H19N/c1-12-8-6-7-11-14(12)15-13-9-4-2-3-5-10-13/h6-8,11H,2-5,9-10H2,1H3. The molecule has 1 saturated carbocycles. The highest BCUT2D eigenvalue weighted by Gasteiger charge is 2.06. The fourth-order valence-corrected chi connectivity index (χ4v) is 2.11. The Hall–Kier alpha value is -1.11. The van der Waals surface area contributed by atoms with Gasteiger partial charge in [-0.25, -0.2) is 0 Å². The van der Waals surface area contributed by atoms with Gasteiger partial charge in [0.25, 0.3) is 0 Å². The predicted molar refractivity (Wildman–Crippen MR) is 66.0 cm³/mol. The predicted octanol–water partition coefficient (Wildman–Crippen LogP) is 4.42. The first kappa shape index (κ1) is 10.4. The number of aliphatic imine (C=N–C) groups is 1. The molecule has 0 spiro atoms. The van der Waals surface area contributed by atoms with Crippen LogP contribution in [0.1, 0.15) is 44.1 Å². The molecule has 80 valence electrons. The van der Waals surface area contributed by atoms with Gasteiger partial charge in [0.1, 0.15) is 0 Å². The van der Waals surface area contributed by atoms with Crippen molar-refractivity contribution in [2.45, 2.75) is 45.4 Å². The SMILES string of the molecule is Cc1ccccc1N=C1CCCCCC1. The van der Waals surface area contributed by atoms with Crippen molar-refractivity contribution < 1.29 is 0 Å². The Bertz CT molecular complexity index is 342. The molecule has 0 saturated heterocycles. The lowest BCUT2D eigenvalue weighted by Gasteiger charge is -2.04. The van der Waals surface area contributed by atoms with Crippen LogP contribution in [0.4, 0.5) is 5.69 Å². The van der Waals surface area contributed by atoms with Crippen LogP contribution in [0.3, 0.4) is 0 Å². The zero-order valence-corrected chi connectivity index (χ0v) is 9.50. The van der Waals surface area contributed by atoms with Gasteiger partial charge in [-0.3, -0.25) is 4.99 Å². The summed E-state index contributed by atoms with van der Waals surface area (Å²) in [6.45, 7) is 2.14. The highest BCUT2D eigenvalue weighted by atomic mass is 14.7. The minimum absolute atomic E-state index is 1.16. The molecule has 0 heterocycles. The van der Waals surface area contributed by atoms with Crippen LogP contribution in [0.2, 0.25) is 0 Å². The van der Waals surface area contributed by atoms with E-state index in [4.69, 9.17) is 4.99 Å². The summed E-state index contributed by atoms with van der Waals surface area (Å²) < 4.78 is 0. The molecule has 0 N–H and O–H groups in total. The average Bonchev–Trinajstić information content (AvgIpc) is 2.50. The smallest absolute Gasteiger partial charge is 0.0658 e. The summed E-state index contributed by atoms with van der Waals surface area (Å²) >= 11 is 0. The van der Waals surface area contributed by atoms with Crippen molar-refractivity contribution in [3.8, 4) is 0 Å². The molecule has 1 aromatic carbocycles. The molecule has 0 radical (unpaired) electrons. The molecular formula is C14H19N. The number of benzene rings is 1. The van der Waals surface area contributed by atoms with Crippen molar-refractivity contribution in [1.82, 2.24) is 0 Å². The van der Waals surface area contributed by atoms with Crippen LogP contribution >= 0.6 is 0 Å². The molecule has 1 nitrogen and oxygen atoms in total. The number of para-hydroxylation sites is 1. The molecular weight excluding hydrogens is 182 g/mol. The second-order valence-electron chi connectivity index (χ2n) is 4.38. The number of hydrogen-bond acceptors (Lipinski definition) is 1. The van der Waals surface area contributed by atoms with Gasteiger partial charge in [-0.2, -0.15) is 0 Å². The van der Waals surface area contributed by atoms with Crippen molar-refractivity contribution >= 4 is 11.4 Å². The molecule has 0 unspecified atom stereocenters. The number of nitrogens with zero attached hydrogens (tertiary/aromatic N) is 1. The van der Waals surface area contributed by atoms with Crippen LogP contribution in [0.15, 0.2) is 29.3 Å². The normalized spacial score (nSPS) is 17.3. The van der Waals surface area contributed by atoms with Crippen molar-refractivity contribution in [1.29, 1.82) is 0 Å². The Morgan fingerprint density at radius 1 is 0.933 bits per heavy atom. The molecule has 1 aromatic rings. The maximum Gasteiger partial charge on any atom is 0.0658 e. The van der Waals surface area contributed by atoms with Gasteiger partial charge in [0.15, 0.2) is 0 Å². The van der Waals surface area contributed by atoms with Gasteiger partial charge in [-0.15, -0.1) is 0 Å². The molecule has 0 amide bonds. The van der Waals surface area contributed by atoms with E-state index in [2.05, 4.69) is 31.2 Å². The third kappa shape index (κ3) is 2.92. The van der Waals surface area contributed by atoms with Gasteiger partial charge in [0.2, 0.25) is 0 Å². The summed E-state index contributed by atoms with van der Waals surface area (Å²) in [7, 11) is 0. The van der Waals surface area contributed by atoms with Gasteiger partial charge in [0.05, 0.1) is 5.69 Å². The first-order valence-electron chi connectivity index (χ1n) is 5.98. The monoisotopic (exact) mass is 201 g/mol. The third-order valence-electron chi connectivity index (χ3n) is 3.07. The van der Waals surface area contributed by atoms with E-state index in [1.54, 1.807) is 0 Å². The largest absolute Gasteiger partial charge is 0.258 e. The van der Waals surface area contributed by atoms with Crippen LogP contribution in [-0.4, -0.2) is 5.71 Å². The van der Waals surface area contributed by atoms with Crippen LogP contribution in [0, 0.1) is 6.92 Å². The highest BCUT2D eigenvalue weighted by Crippen LogP contribution is 2.22.